The second kappa shape index (κ2) is 5.87. The van der Waals surface area contributed by atoms with Crippen molar-refractivity contribution in [2.45, 2.75) is 51.6 Å². The highest BCUT2D eigenvalue weighted by Crippen LogP contribution is 2.36. The molecule has 2 saturated carbocycles. The maximum Gasteiger partial charge on any atom is 0.0449 e. The highest BCUT2D eigenvalue weighted by Gasteiger charge is 2.34. The van der Waals surface area contributed by atoms with E-state index in [1.165, 1.54) is 55.5 Å². The molecular formula is C18H28N2. The summed E-state index contributed by atoms with van der Waals surface area (Å²) in [5.41, 5.74) is 4.26. The van der Waals surface area contributed by atoms with Crippen molar-refractivity contribution in [2.24, 2.45) is 5.92 Å². The third-order valence-corrected chi connectivity index (χ3v) is 4.83. The van der Waals surface area contributed by atoms with Crippen LogP contribution in [0, 0.1) is 19.8 Å². The average molecular weight is 272 g/mol. The Morgan fingerprint density at radius 2 is 1.95 bits per heavy atom. The van der Waals surface area contributed by atoms with E-state index < -0.39 is 0 Å². The molecule has 0 amide bonds. The molecule has 1 aromatic rings. The van der Waals surface area contributed by atoms with E-state index in [9.17, 15) is 0 Å². The third kappa shape index (κ3) is 3.42. The fourth-order valence-corrected chi connectivity index (χ4v) is 3.16. The standard InChI is InChI=1S/C18H28N2/c1-13-4-5-14(2)17(10-13)18(19-3)12-20(16-8-9-16)11-15-6-7-15/h4-5,10,15-16,18-19H,6-9,11-12H2,1-3H3. The first-order valence-electron chi connectivity index (χ1n) is 8.16. The molecule has 0 saturated heterocycles. The average Bonchev–Trinajstić information content (AvgIpc) is 3.29. The highest BCUT2D eigenvalue weighted by atomic mass is 15.2. The first-order chi connectivity index (χ1) is 9.67. The quantitative estimate of drug-likeness (QED) is 0.818. The van der Waals surface area contributed by atoms with Gasteiger partial charge in [-0.3, -0.25) is 4.90 Å². The zero-order chi connectivity index (χ0) is 14.1. The van der Waals surface area contributed by atoms with Crippen LogP contribution in [0.15, 0.2) is 18.2 Å². The van der Waals surface area contributed by atoms with Gasteiger partial charge in [-0.2, -0.15) is 0 Å². The molecule has 110 valence electrons. The molecule has 3 rings (SSSR count). The predicted octanol–water partition coefficient (Wildman–Crippen LogP) is 3.44. The molecule has 1 aromatic carbocycles. The number of hydrogen-bond acceptors (Lipinski definition) is 2. The molecule has 1 atom stereocenters. The number of benzene rings is 1. The zero-order valence-electron chi connectivity index (χ0n) is 13.2. The van der Waals surface area contributed by atoms with Gasteiger partial charge in [-0.25, -0.2) is 0 Å². The lowest BCUT2D eigenvalue weighted by atomic mass is 9.98. The van der Waals surface area contributed by atoms with Crippen molar-refractivity contribution in [1.29, 1.82) is 0 Å². The Labute approximate surface area is 123 Å². The van der Waals surface area contributed by atoms with E-state index in [0.29, 0.717) is 6.04 Å². The summed E-state index contributed by atoms with van der Waals surface area (Å²) < 4.78 is 0. The molecule has 2 fully saturated rings. The smallest absolute Gasteiger partial charge is 0.0449 e. The summed E-state index contributed by atoms with van der Waals surface area (Å²) in [4.78, 5) is 2.75. The lowest BCUT2D eigenvalue weighted by molar-refractivity contribution is 0.227. The monoisotopic (exact) mass is 272 g/mol. The maximum absolute atomic E-state index is 3.55. The number of likely N-dealkylation sites (N-methyl/N-ethyl adjacent to an activating group) is 1. The van der Waals surface area contributed by atoms with Crippen LogP contribution in [0.5, 0.6) is 0 Å². The van der Waals surface area contributed by atoms with Gasteiger partial charge in [0.15, 0.2) is 0 Å². The Balaban J connectivity index is 1.72. The lowest BCUT2D eigenvalue weighted by Crippen LogP contribution is -2.37. The van der Waals surface area contributed by atoms with Gasteiger partial charge >= 0.3 is 0 Å². The van der Waals surface area contributed by atoms with Crippen LogP contribution >= 0.6 is 0 Å². The van der Waals surface area contributed by atoms with Crippen LogP contribution in [-0.2, 0) is 0 Å². The van der Waals surface area contributed by atoms with Gasteiger partial charge in [0, 0.05) is 25.2 Å². The summed E-state index contributed by atoms with van der Waals surface area (Å²) in [6.07, 6.45) is 5.74. The Kier molecular flexibility index (Phi) is 4.13. The van der Waals surface area contributed by atoms with Gasteiger partial charge in [-0.15, -0.1) is 0 Å². The predicted molar refractivity (Wildman–Crippen MR) is 85.0 cm³/mol. The number of nitrogens with one attached hydrogen (secondary N) is 1. The first-order valence-corrected chi connectivity index (χ1v) is 8.16. The minimum absolute atomic E-state index is 0.467. The van der Waals surface area contributed by atoms with Gasteiger partial charge in [0.25, 0.3) is 0 Å². The molecular weight excluding hydrogens is 244 g/mol. The molecule has 0 heterocycles. The molecule has 2 heteroatoms. The normalized spacial score (nSPS) is 20.4. The van der Waals surface area contributed by atoms with Crippen LogP contribution in [0.25, 0.3) is 0 Å². The fraction of sp³-hybridized carbons (Fsp3) is 0.667. The van der Waals surface area contributed by atoms with Gasteiger partial charge in [0.2, 0.25) is 0 Å². The van der Waals surface area contributed by atoms with E-state index in [-0.39, 0.29) is 0 Å². The maximum atomic E-state index is 3.55. The van der Waals surface area contributed by atoms with Crippen molar-refractivity contribution in [3.8, 4) is 0 Å². The van der Waals surface area contributed by atoms with Crippen LogP contribution in [0.3, 0.4) is 0 Å². The van der Waals surface area contributed by atoms with Crippen molar-refractivity contribution in [2.75, 3.05) is 20.1 Å². The summed E-state index contributed by atoms with van der Waals surface area (Å²) in [5.74, 6) is 0.992. The topological polar surface area (TPSA) is 15.3 Å². The molecule has 2 aliphatic carbocycles. The number of hydrogen-bond donors (Lipinski definition) is 1. The van der Waals surface area contributed by atoms with Crippen LogP contribution < -0.4 is 5.32 Å². The van der Waals surface area contributed by atoms with Crippen LogP contribution in [0.2, 0.25) is 0 Å². The summed E-state index contributed by atoms with van der Waals surface area (Å²) in [7, 11) is 2.11. The van der Waals surface area contributed by atoms with Crippen LogP contribution in [-0.4, -0.2) is 31.1 Å². The Morgan fingerprint density at radius 3 is 2.55 bits per heavy atom. The van der Waals surface area contributed by atoms with Gasteiger partial charge in [-0.05, 0) is 63.6 Å². The van der Waals surface area contributed by atoms with Gasteiger partial charge in [0.1, 0.15) is 0 Å². The van der Waals surface area contributed by atoms with Crippen molar-refractivity contribution >= 4 is 0 Å². The van der Waals surface area contributed by atoms with E-state index in [4.69, 9.17) is 0 Å². The number of rotatable bonds is 7. The Bertz CT molecular complexity index is 460. The van der Waals surface area contributed by atoms with E-state index in [1.807, 2.05) is 0 Å². The van der Waals surface area contributed by atoms with Gasteiger partial charge in [0.05, 0.1) is 0 Å². The SMILES string of the molecule is CNC(CN(CC1CC1)C1CC1)c1cc(C)ccc1C. The lowest BCUT2D eigenvalue weighted by Gasteiger charge is -2.28. The van der Waals surface area contributed by atoms with E-state index in [2.05, 4.69) is 49.3 Å². The molecule has 0 aliphatic heterocycles. The summed E-state index contributed by atoms with van der Waals surface area (Å²) >= 11 is 0. The second-order valence-electron chi connectivity index (χ2n) is 6.83. The number of nitrogens with zero attached hydrogens (tertiary/aromatic N) is 1. The van der Waals surface area contributed by atoms with E-state index >= 15 is 0 Å². The number of aryl methyl sites for hydroxylation is 2. The molecule has 0 aromatic heterocycles. The largest absolute Gasteiger partial charge is 0.312 e. The van der Waals surface area contributed by atoms with Crippen molar-refractivity contribution in [1.82, 2.24) is 10.2 Å². The molecule has 1 unspecified atom stereocenters. The molecule has 20 heavy (non-hydrogen) atoms. The highest BCUT2D eigenvalue weighted by molar-refractivity contribution is 5.33. The molecule has 1 N–H and O–H groups in total. The van der Waals surface area contributed by atoms with Crippen molar-refractivity contribution in [3.63, 3.8) is 0 Å². The molecule has 0 radical (unpaired) electrons. The molecule has 0 spiro atoms. The Morgan fingerprint density at radius 1 is 1.20 bits per heavy atom. The summed E-state index contributed by atoms with van der Waals surface area (Å²) in [5, 5.41) is 3.55. The third-order valence-electron chi connectivity index (χ3n) is 4.83. The van der Waals surface area contributed by atoms with Crippen molar-refractivity contribution < 1.29 is 0 Å². The Hall–Kier alpha value is -0.860. The fourth-order valence-electron chi connectivity index (χ4n) is 3.16. The van der Waals surface area contributed by atoms with Crippen LogP contribution in [0.1, 0.15) is 48.4 Å². The van der Waals surface area contributed by atoms with Gasteiger partial charge < -0.3 is 5.32 Å². The summed E-state index contributed by atoms with van der Waals surface area (Å²) in [6.45, 7) is 6.93. The van der Waals surface area contributed by atoms with Crippen LogP contribution in [0.4, 0.5) is 0 Å². The molecule has 0 bridgehead atoms. The zero-order valence-corrected chi connectivity index (χ0v) is 13.2. The summed E-state index contributed by atoms with van der Waals surface area (Å²) in [6, 6.07) is 8.18. The van der Waals surface area contributed by atoms with E-state index in [1.54, 1.807) is 0 Å². The molecule has 2 nitrogen and oxygen atoms in total. The molecule has 2 aliphatic rings. The minimum Gasteiger partial charge on any atom is -0.312 e. The van der Waals surface area contributed by atoms with E-state index in [0.717, 1.165) is 12.0 Å². The minimum atomic E-state index is 0.467. The van der Waals surface area contributed by atoms with Crippen molar-refractivity contribution in [3.05, 3.63) is 34.9 Å². The van der Waals surface area contributed by atoms with Gasteiger partial charge in [-0.1, -0.05) is 23.8 Å². The second-order valence-corrected chi connectivity index (χ2v) is 6.83. The first kappa shape index (κ1) is 14.1.